The van der Waals surface area contributed by atoms with Gasteiger partial charge in [-0.25, -0.2) is 0 Å². The molecule has 0 saturated carbocycles. The van der Waals surface area contributed by atoms with E-state index >= 15 is 0 Å². The summed E-state index contributed by atoms with van der Waals surface area (Å²) in [5, 5.41) is 0. The molecule has 8 atom stereocenters. The molecule has 4 unspecified atom stereocenters. The maximum absolute atomic E-state index is 12.3. The van der Waals surface area contributed by atoms with Crippen LogP contribution >= 0.6 is 0 Å². The lowest BCUT2D eigenvalue weighted by Crippen LogP contribution is -2.43. The fraction of sp³-hybridized carbons (Fsp3) is 1.00. The first-order valence-corrected chi connectivity index (χ1v) is 37.0. The van der Waals surface area contributed by atoms with E-state index in [-0.39, 0.29) is 41.4 Å². The van der Waals surface area contributed by atoms with Gasteiger partial charge in [-0.15, -0.1) is 0 Å². The Hall–Kier alpha value is -1.47. The minimum Gasteiger partial charge on any atom is -0.171 e. The number of alkyl halides is 21. The van der Waals surface area contributed by atoms with Gasteiger partial charge >= 0.3 is 43.2 Å². The van der Waals surface area contributed by atoms with E-state index in [0.717, 1.165) is 17.8 Å². The van der Waals surface area contributed by atoms with Gasteiger partial charge in [-0.1, -0.05) is 337 Å². The molecule has 0 bridgehead atoms. The Labute approximate surface area is 614 Å². The normalized spacial score (nSPS) is 16.0. The van der Waals surface area contributed by atoms with Gasteiger partial charge in [0.15, 0.2) is 0 Å². The van der Waals surface area contributed by atoms with Crippen LogP contribution in [0.25, 0.3) is 0 Å². The Bertz CT molecular complexity index is 1930. The molecule has 0 fully saturated rings. The average molecular weight is 1530 g/mol. The van der Waals surface area contributed by atoms with Gasteiger partial charge in [0.1, 0.15) is 0 Å². The summed E-state index contributed by atoms with van der Waals surface area (Å²) in [4.78, 5) is 0. The topological polar surface area (TPSA) is 0 Å². The highest BCUT2D eigenvalue weighted by molar-refractivity contribution is 4.89. The van der Waals surface area contributed by atoms with Crippen LogP contribution in [0.3, 0.4) is 0 Å². The van der Waals surface area contributed by atoms with Crippen LogP contribution in [0.4, 0.5) is 92.2 Å². The van der Waals surface area contributed by atoms with Crippen molar-refractivity contribution in [1.29, 1.82) is 0 Å². The van der Waals surface area contributed by atoms with Crippen LogP contribution in [0, 0.1) is 132 Å². The summed E-state index contributed by atoms with van der Waals surface area (Å²) in [6, 6.07) is 0. The van der Waals surface area contributed by atoms with E-state index in [1.54, 1.807) is 96.9 Å². The zero-order valence-electron chi connectivity index (χ0n) is 73.3. The number of hydrogen-bond acceptors (Lipinski definition) is 0. The zero-order chi connectivity index (χ0) is 86.3. The minimum atomic E-state index is -4.12. The molecule has 0 nitrogen and oxygen atoms in total. The van der Waals surface area contributed by atoms with Crippen LogP contribution in [-0.2, 0) is 0 Å². The number of halogens is 21. The molecule has 0 aromatic heterocycles. The third-order valence-corrected chi connectivity index (χ3v) is 23.7. The van der Waals surface area contributed by atoms with Crippen LogP contribution < -0.4 is 0 Å². The van der Waals surface area contributed by atoms with Gasteiger partial charge in [0.25, 0.3) is 0 Å². The molecular formula is C81H161F21. The summed E-state index contributed by atoms with van der Waals surface area (Å²) >= 11 is 0. The maximum atomic E-state index is 12.3. The molecule has 0 aliphatic rings. The summed E-state index contributed by atoms with van der Waals surface area (Å²) in [6.45, 7) is 85.4. The second-order valence-corrected chi connectivity index (χ2v) is 38.0. The van der Waals surface area contributed by atoms with Gasteiger partial charge in [0.05, 0.1) is 29.1 Å². The van der Waals surface area contributed by atoms with Crippen LogP contribution in [0.15, 0.2) is 0 Å². The first-order valence-electron chi connectivity index (χ1n) is 37.0. The quantitative estimate of drug-likeness (QED) is 0.143. The molecule has 0 saturated heterocycles. The molecule has 0 spiro atoms. The Morgan fingerprint density at radius 2 is 0.569 bits per heavy atom. The summed E-state index contributed by atoms with van der Waals surface area (Å²) in [6.07, 6.45) is -27.2. The molecule has 0 heterocycles. The predicted molar refractivity (Wildman–Crippen MR) is 396 cm³/mol. The van der Waals surface area contributed by atoms with E-state index in [1.165, 1.54) is 41.5 Å². The van der Waals surface area contributed by atoms with Gasteiger partial charge < -0.3 is 0 Å². The molecule has 21 heteroatoms. The molecule has 0 aliphatic carbocycles. The summed E-state index contributed by atoms with van der Waals surface area (Å²) in [5.74, 6) is -3.24. The lowest BCUT2D eigenvalue weighted by molar-refractivity contribution is -0.243. The third kappa shape index (κ3) is 58.5. The van der Waals surface area contributed by atoms with E-state index in [2.05, 4.69) is 132 Å². The standard InChI is InChI=1S/C10H22.C9H17F3.C9H20.3C8H15F3.C8H18.3C7H13F3/c1-8(2)10(6,7)9(3,4)5;1-6(2)8(4,5)7(3)9(10,11)12;1-7(2)8(3)9(4,5)6;1-6(2,3)7(4,5)8(9,10)11;2*1-5(2)6(3)7(4)8(9,10)11;1-7(2,3)8(4,5)6;1-4-6(2,3)5-7(8,9)10;1-4-5(2)6(3)7(8,9)10;1-3-6(4-2)5-7(8,9)10/h8H,1-7H3;6-7H,1-5H3;7-8H,1-6H3;1-5H3;2*5-7H,1-4H3;1-6H3;4-5H2,1-3H3;5-6H,4H2,1-3H3;6H,3-5H2,1-2H3/t;;8-;;2*6-,7?;;;5?,6-;/m..1.11..1./s1. The molecule has 0 aliphatic heterocycles. The van der Waals surface area contributed by atoms with Gasteiger partial charge in [-0.3, -0.25) is 0 Å². The molecule has 0 aromatic rings. The molecule has 0 radical (unpaired) electrons. The Kier molecular flexibility index (Phi) is 56.7. The highest BCUT2D eigenvalue weighted by Gasteiger charge is 2.54. The van der Waals surface area contributed by atoms with E-state index < -0.39 is 101 Å². The van der Waals surface area contributed by atoms with Crippen molar-refractivity contribution in [1.82, 2.24) is 0 Å². The lowest BCUT2D eigenvalue weighted by atomic mass is 9.63. The first kappa shape index (κ1) is 122. The zero-order valence-corrected chi connectivity index (χ0v) is 73.3. The van der Waals surface area contributed by atoms with Gasteiger partial charge in [0.2, 0.25) is 0 Å². The van der Waals surface area contributed by atoms with Gasteiger partial charge in [0, 0.05) is 12.8 Å². The Morgan fingerprint density at radius 3 is 0.618 bits per heavy atom. The number of rotatable bonds is 15. The Balaban J connectivity index is -0.000000115. The van der Waals surface area contributed by atoms with Crippen LogP contribution in [0.5, 0.6) is 0 Å². The largest absolute Gasteiger partial charge is 0.394 e. The van der Waals surface area contributed by atoms with E-state index in [1.807, 2.05) is 41.5 Å². The SMILES string of the molecule is CC(C)(C)C(C)(C)C.CC(C)(C)C(C)(C)C(F)(F)F.CC(C)C(C)(C)C(C)(C)C.CC(C)C(C)(C)C(C)C(F)(F)F.CC(C)[C@@H](C)C(C)(C)C.CC(C)[C@@H](C)C(C)C(F)(F)F.CC(C)[C@@H](C)C(C)C(F)(F)F.CCC(C)(C)CC(F)(F)F.CCC(C)[C@@H](C)C(F)(F)F.CCC(CC)CC(F)(F)F. The average Bonchev–Trinajstić information content (AvgIpc) is 0.751. The maximum Gasteiger partial charge on any atom is 0.394 e. The first-order chi connectivity index (χ1) is 43.6. The smallest absolute Gasteiger partial charge is 0.171 e. The van der Waals surface area contributed by atoms with Crippen molar-refractivity contribution in [3.63, 3.8) is 0 Å². The highest BCUT2D eigenvalue weighted by Crippen LogP contribution is 2.50. The third-order valence-electron chi connectivity index (χ3n) is 23.7. The van der Waals surface area contributed by atoms with Crippen LogP contribution in [0.1, 0.15) is 350 Å². The fourth-order valence-electron chi connectivity index (χ4n) is 7.21. The van der Waals surface area contributed by atoms with E-state index in [0.29, 0.717) is 52.8 Å². The predicted octanol–water partition coefficient (Wildman–Crippen LogP) is 34.5. The Morgan fingerprint density at radius 1 is 0.284 bits per heavy atom. The van der Waals surface area contributed by atoms with Crippen molar-refractivity contribution in [2.75, 3.05) is 0 Å². The summed E-state index contributed by atoms with van der Waals surface area (Å²) < 4.78 is 252. The lowest BCUT2D eigenvalue weighted by Gasteiger charge is -2.42. The fourth-order valence-corrected chi connectivity index (χ4v) is 7.21. The molecule has 102 heavy (non-hydrogen) atoms. The van der Waals surface area contributed by atoms with Crippen molar-refractivity contribution in [3.8, 4) is 0 Å². The molecular weight excluding hydrogens is 1370 g/mol. The number of hydrogen-bond donors (Lipinski definition) is 0. The van der Waals surface area contributed by atoms with Crippen molar-refractivity contribution >= 4 is 0 Å². The van der Waals surface area contributed by atoms with Crippen molar-refractivity contribution in [2.24, 2.45) is 132 Å². The molecule has 0 N–H and O–H groups in total. The van der Waals surface area contributed by atoms with Crippen molar-refractivity contribution < 1.29 is 92.2 Å². The van der Waals surface area contributed by atoms with E-state index in [9.17, 15) is 92.2 Å². The molecule has 0 aromatic carbocycles. The van der Waals surface area contributed by atoms with Crippen molar-refractivity contribution in [2.45, 2.75) is 393 Å². The van der Waals surface area contributed by atoms with E-state index in [4.69, 9.17) is 0 Å². The van der Waals surface area contributed by atoms with Crippen molar-refractivity contribution in [3.05, 3.63) is 0 Å². The highest BCUT2D eigenvalue weighted by atomic mass is 19.4. The summed E-state index contributed by atoms with van der Waals surface area (Å²) in [5.41, 5.74) is -1.44. The van der Waals surface area contributed by atoms with Gasteiger partial charge in [-0.2, -0.15) is 92.2 Å². The van der Waals surface area contributed by atoms with Crippen LogP contribution in [0.2, 0.25) is 0 Å². The monoisotopic (exact) mass is 1530 g/mol. The van der Waals surface area contributed by atoms with Crippen LogP contribution in [-0.4, -0.2) is 43.2 Å². The second kappa shape index (κ2) is 47.6. The molecule has 632 valence electrons. The summed E-state index contributed by atoms with van der Waals surface area (Å²) in [7, 11) is 0. The molecule has 0 amide bonds. The minimum absolute atomic E-state index is 0.0362. The molecule has 0 rings (SSSR count). The van der Waals surface area contributed by atoms with Gasteiger partial charge in [-0.05, 0) is 102 Å². The second-order valence-electron chi connectivity index (χ2n) is 38.0.